The predicted molar refractivity (Wildman–Crippen MR) is 100 cm³/mol. The lowest BCUT2D eigenvalue weighted by Gasteiger charge is -2.24. The van der Waals surface area contributed by atoms with Crippen LogP contribution in [0.25, 0.3) is 11.3 Å². The first-order valence-electron chi connectivity index (χ1n) is 7.93. The van der Waals surface area contributed by atoms with Crippen LogP contribution in [0.2, 0.25) is 0 Å². The Morgan fingerprint density at radius 3 is 2.58 bits per heavy atom. The molecule has 142 valence electrons. The number of para-hydroxylation sites is 1. The van der Waals surface area contributed by atoms with E-state index in [0.717, 1.165) is 32.2 Å². The molecule has 1 saturated heterocycles. The number of halogens is 1. The number of piperidine rings is 1. The van der Waals surface area contributed by atoms with Gasteiger partial charge in [-0.05, 0) is 38.1 Å². The van der Waals surface area contributed by atoms with E-state index in [9.17, 15) is 13.2 Å². The Morgan fingerprint density at radius 1 is 1.31 bits per heavy atom. The van der Waals surface area contributed by atoms with E-state index in [2.05, 4.69) is 10.3 Å². The number of benzene rings is 1. The summed E-state index contributed by atoms with van der Waals surface area (Å²) in [6, 6.07) is 6.78. The first-order valence-corrected chi connectivity index (χ1v) is 9.75. The van der Waals surface area contributed by atoms with E-state index in [1.54, 1.807) is 35.0 Å². The van der Waals surface area contributed by atoms with Gasteiger partial charge in [0.1, 0.15) is 0 Å². The minimum atomic E-state index is -3.68. The highest BCUT2D eigenvalue weighted by atomic mass is 35.5. The third kappa shape index (κ3) is 4.54. The number of aromatic nitrogens is 2. The summed E-state index contributed by atoms with van der Waals surface area (Å²) in [5.41, 5.74) is 6.43. The molecule has 1 aromatic heterocycles. The summed E-state index contributed by atoms with van der Waals surface area (Å²) in [6.07, 6.45) is 4.43. The number of imidazole rings is 1. The minimum absolute atomic E-state index is 0. The molecule has 1 aromatic carbocycles. The van der Waals surface area contributed by atoms with Crippen LogP contribution < -0.4 is 15.2 Å². The number of nitrogens with zero attached hydrogens (tertiary/aromatic N) is 2. The van der Waals surface area contributed by atoms with Crippen molar-refractivity contribution >= 4 is 28.4 Å². The molecule has 26 heavy (non-hydrogen) atoms. The van der Waals surface area contributed by atoms with E-state index in [4.69, 9.17) is 9.92 Å². The second kappa shape index (κ2) is 8.07. The van der Waals surface area contributed by atoms with Crippen molar-refractivity contribution in [3.63, 3.8) is 0 Å². The molecule has 8 nitrogen and oxygen atoms in total. The van der Waals surface area contributed by atoms with Gasteiger partial charge in [-0.2, -0.15) is 8.42 Å². The molecule has 2 heterocycles. The number of hydrogen-bond acceptors (Lipinski definition) is 6. The summed E-state index contributed by atoms with van der Waals surface area (Å²) in [4.78, 5) is 16.2. The van der Waals surface area contributed by atoms with Crippen LogP contribution in [-0.2, 0) is 10.1 Å². The average Bonchev–Trinajstić information content (AvgIpc) is 3.00. The summed E-state index contributed by atoms with van der Waals surface area (Å²) < 4.78 is 29.8. The maximum Gasteiger partial charge on any atom is 0.306 e. The number of primary amides is 1. The maximum atomic E-state index is 11.8. The fourth-order valence-corrected chi connectivity index (χ4v) is 3.45. The van der Waals surface area contributed by atoms with Crippen molar-refractivity contribution in [1.29, 1.82) is 0 Å². The first-order chi connectivity index (χ1) is 11.8. The third-order valence-corrected chi connectivity index (χ3v) is 4.54. The molecule has 10 heteroatoms. The minimum Gasteiger partial charge on any atom is -0.382 e. The molecule has 0 unspecified atom stereocenters. The number of nitrogens with two attached hydrogens (primary N) is 1. The smallest absolute Gasteiger partial charge is 0.306 e. The molecule has 0 radical (unpaired) electrons. The zero-order valence-electron chi connectivity index (χ0n) is 14.2. The van der Waals surface area contributed by atoms with Crippen LogP contribution in [-0.4, -0.2) is 43.2 Å². The van der Waals surface area contributed by atoms with Gasteiger partial charge in [0.2, 0.25) is 0 Å². The average molecular weight is 401 g/mol. The van der Waals surface area contributed by atoms with E-state index in [1.165, 1.54) is 0 Å². The number of carbonyl (C=O) groups is 1. The van der Waals surface area contributed by atoms with Crippen molar-refractivity contribution in [3.8, 4) is 17.0 Å². The number of rotatable bonds is 5. The zero-order valence-corrected chi connectivity index (χ0v) is 15.8. The molecule has 0 atom stereocenters. The van der Waals surface area contributed by atoms with Crippen molar-refractivity contribution in [2.24, 2.45) is 5.73 Å². The Morgan fingerprint density at radius 2 is 1.96 bits per heavy atom. The molecule has 0 saturated carbocycles. The van der Waals surface area contributed by atoms with Gasteiger partial charge in [0.15, 0.2) is 11.6 Å². The number of hydrogen-bond donors (Lipinski definition) is 2. The molecule has 1 aliphatic heterocycles. The Labute approximate surface area is 158 Å². The molecular formula is C16H21ClN4O4S. The summed E-state index contributed by atoms with van der Waals surface area (Å²) >= 11 is 0. The van der Waals surface area contributed by atoms with Gasteiger partial charge in [-0.25, -0.2) is 4.98 Å². The van der Waals surface area contributed by atoms with E-state index >= 15 is 0 Å². The van der Waals surface area contributed by atoms with E-state index in [0.29, 0.717) is 11.3 Å². The highest BCUT2D eigenvalue weighted by molar-refractivity contribution is 7.86. The third-order valence-electron chi connectivity index (χ3n) is 4.06. The Kier molecular flexibility index (Phi) is 6.27. The molecule has 1 aliphatic rings. The molecule has 0 spiro atoms. The van der Waals surface area contributed by atoms with Crippen LogP contribution in [0.5, 0.6) is 5.75 Å². The quantitative estimate of drug-likeness (QED) is 0.731. The second-order valence-electron chi connectivity index (χ2n) is 5.99. The zero-order chi connectivity index (χ0) is 18.0. The van der Waals surface area contributed by atoms with E-state index in [1.807, 2.05) is 0 Å². The van der Waals surface area contributed by atoms with Gasteiger partial charge >= 0.3 is 10.1 Å². The maximum absolute atomic E-state index is 11.8. The Hall–Kier alpha value is -2.10. The van der Waals surface area contributed by atoms with Crippen LogP contribution in [0.1, 0.15) is 29.5 Å². The monoisotopic (exact) mass is 400 g/mol. The van der Waals surface area contributed by atoms with Gasteiger partial charge in [0.25, 0.3) is 5.91 Å². The Bertz CT molecular complexity index is 891. The molecular weight excluding hydrogens is 380 g/mol. The standard InChI is InChI=1S/C16H20N4O4S.ClH/c1-25(22,23)24-14-5-3-2-4-12(14)13-10-20(16(19-13)15(17)21)11-6-8-18-9-7-11;/h2-5,10-11,18H,6-9H2,1H3,(H2,17,21);1H. The van der Waals surface area contributed by atoms with Crippen molar-refractivity contribution in [2.75, 3.05) is 19.3 Å². The number of carbonyl (C=O) groups excluding carboxylic acids is 1. The van der Waals surface area contributed by atoms with Crippen LogP contribution in [0, 0.1) is 0 Å². The van der Waals surface area contributed by atoms with Gasteiger partial charge in [0.05, 0.1) is 11.9 Å². The molecule has 3 N–H and O–H groups in total. The molecule has 0 aliphatic carbocycles. The van der Waals surface area contributed by atoms with Gasteiger partial charge < -0.3 is 19.8 Å². The normalized spacial score (nSPS) is 15.3. The second-order valence-corrected chi connectivity index (χ2v) is 7.56. The molecule has 3 rings (SSSR count). The van der Waals surface area contributed by atoms with Gasteiger partial charge in [-0.15, -0.1) is 12.4 Å². The lowest BCUT2D eigenvalue weighted by molar-refractivity contribution is 0.0982. The lowest BCUT2D eigenvalue weighted by atomic mass is 10.1. The highest BCUT2D eigenvalue weighted by Crippen LogP contribution is 2.32. The van der Waals surface area contributed by atoms with E-state index in [-0.39, 0.29) is 30.0 Å². The highest BCUT2D eigenvalue weighted by Gasteiger charge is 2.23. The number of nitrogens with one attached hydrogen (secondary N) is 1. The molecule has 0 bridgehead atoms. The van der Waals surface area contributed by atoms with Crippen molar-refractivity contribution in [1.82, 2.24) is 14.9 Å². The predicted octanol–water partition coefficient (Wildman–Crippen LogP) is 1.33. The fourth-order valence-electron chi connectivity index (χ4n) is 2.98. The summed E-state index contributed by atoms with van der Waals surface area (Å²) in [5, 5.41) is 3.27. The van der Waals surface area contributed by atoms with E-state index < -0.39 is 16.0 Å². The summed E-state index contributed by atoms with van der Waals surface area (Å²) in [7, 11) is -3.68. The molecule has 1 fully saturated rings. The summed E-state index contributed by atoms with van der Waals surface area (Å²) in [5.74, 6) is -0.293. The Balaban J connectivity index is 0.00000243. The molecule has 2 aromatic rings. The van der Waals surface area contributed by atoms with Gasteiger partial charge in [-0.1, -0.05) is 12.1 Å². The van der Waals surface area contributed by atoms with Crippen molar-refractivity contribution < 1.29 is 17.4 Å². The lowest BCUT2D eigenvalue weighted by Crippen LogP contribution is -2.31. The first kappa shape index (κ1) is 20.2. The van der Waals surface area contributed by atoms with Crippen LogP contribution in [0.15, 0.2) is 30.5 Å². The van der Waals surface area contributed by atoms with Crippen molar-refractivity contribution in [2.45, 2.75) is 18.9 Å². The van der Waals surface area contributed by atoms with Gasteiger partial charge in [0, 0.05) is 17.8 Å². The molecule has 1 amide bonds. The van der Waals surface area contributed by atoms with Crippen molar-refractivity contribution in [3.05, 3.63) is 36.3 Å². The fraction of sp³-hybridized carbons (Fsp3) is 0.375. The van der Waals surface area contributed by atoms with Crippen LogP contribution in [0.3, 0.4) is 0 Å². The van der Waals surface area contributed by atoms with Crippen LogP contribution in [0.4, 0.5) is 0 Å². The van der Waals surface area contributed by atoms with Crippen LogP contribution >= 0.6 is 12.4 Å². The number of amides is 1. The SMILES string of the molecule is CS(=O)(=O)Oc1ccccc1-c1cn(C2CCNCC2)c(C(N)=O)n1.Cl. The largest absolute Gasteiger partial charge is 0.382 e. The topological polar surface area (TPSA) is 116 Å². The van der Waals surface area contributed by atoms with Gasteiger partial charge in [-0.3, -0.25) is 4.79 Å². The summed E-state index contributed by atoms with van der Waals surface area (Å²) in [6.45, 7) is 1.70.